The summed E-state index contributed by atoms with van der Waals surface area (Å²) in [6.45, 7) is 1.08. The van der Waals surface area contributed by atoms with Crippen LogP contribution >= 0.6 is 23.1 Å². The lowest BCUT2D eigenvalue weighted by molar-refractivity contribution is -0.113. The summed E-state index contributed by atoms with van der Waals surface area (Å²) >= 11 is 2.88. The number of piperidine rings is 1. The van der Waals surface area contributed by atoms with Crippen molar-refractivity contribution in [3.8, 4) is 0 Å². The Kier molecular flexibility index (Phi) is 7.06. The molecule has 0 radical (unpaired) electrons. The van der Waals surface area contributed by atoms with E-state index in [-0.39, 0.29) is 16.6 Å². The van der Waals surface area contributed by atoms with Crippen LogP contribution in [-0.2, 0) is 21.2 Å². The normalized spacial score (nSPS) is 15.1. The van der Waals surface area contributed by atoms with Gasteiger partial charge >= 0.3 is 0 Å². The summed E-state index contributed by atoms with van der Waals surface area (Å²) in [7, 11) is -3.54. The van der Waals surface area contributed by atoms with Gasteiger partial charge in [0.2, 0.25) is 21.1 Å². The summed E-state index contributed by atoms with van der Waals surface area (Å²) in [6, 6.07) is 10.4. The molecule has 0 unspecified atom stereocenters. The number of anilines is 1. The fraction of sp³-hybridized carbons (Fsp3) is 0.350. The number of benzene rings is 1. The van der Waals surface area contributed by atoms with E-state index in [1.54, 1.807) is 29.5 Å². The number of rotatable bonds is 8. The van der Waals surface area contributed by atoms with Crippen molar-refractivity contribution >= 4 is 44.7 Å². The average molecular weight is 478 g/mol. The molecular weight excluding hydrogens is 454 g/mol. The van der Waals surface area contributed by atoms with Crippen LogP contribution in [0.25, 0.3) is 0 Å². The maximum Gasteiger partial charge on any atom is 0.243 e. The number of nitrogens with one attached hydrogen (secondary N) is 2. The van der Waals surface area contributed by atoms with E-state index in [4.69, 9.17) is 0 Å². The minimum Gasteiger partial charge on any atom is -0.325 e. The Morgan fingerprint density at radius 2 is 2.03 bits per heavy atom. The van der Waals surface area contributed by atoms with Gasteiger partial charge < -0.3 is 5.32 Å². The molecule has 3 aromatic rings. The lowest BCUT2D eigenvalue weighted by Crippen LogP contribution is -2.35. The van der Waals surface area contributed by atoms with Crippen molar-refractivity contribution in [3.05, 3.63) is 52.5 Å². The summed E-state index contributed by atoms with van der Waals surface area (Å²) in [5.74, 6) is 0.627. The van der Waals surface area contributed by atoms with Gasteiger partial charge in [-0.25, -0.2) is 13.4 Å². The highest BCUT2D eigenvalue weighted by atomic mass is 32.2. The van der Waals surface area contributed by atoms with Crippen LogP contribution in [0.5, 0.6) is 0 Å². The Morgan fingerprint density at radius 3 is 2.81 bits per heavy atom. The first-order valence-corrected chi connectivity index (χ1v) is 13.3. The largest absolute Gasteiger partial charge is 0.325 e. The number of H-pyrrole nitrogens is 1. The molecule has 0 saturated carbocycles. The smallest absolute Gasteiger partial charge is 0.243 e. The van der Waals surface area contributed by atoms with Gasteiger partial charge in [0.15, 0.2) is 0 Å². The summed E-state index contributed by atoms with van der Waals surface area (Å²) in [5.41, 5.74) is 0.456. The maximum absolute atomic E-state index is 12.8. The molecule has 164 valence electrons. The Labute approximate surface area is 189 Å². The first-order valence-electron chi connectivity index (χ1n) is 9.97. The van der Waals surface area contributed by atoms with Crippen LogP contribution in [0.4, 0.5) is 5.69 Å². The lowest BCUT2D eigenvalue weighted by atomic mass is 10.2. The molecule has 11 heteroatoms. The lowest BCUT2D eigenvalue weighted by Gasteiger charge is -2.26. The van der Waals surface area contributed by atoms with Crippen LogP contribution in [-0.4, -0.2) is 52.7 Å². The molecule has 1 fully saturated rings. The van der Waals surface area contributed by atoms with E-state index >= 15 is 0 Å². The monoisotopic (exact) mass is 477 g/mol. The number of aromatic nitrogens is 3. The first-order chi connectivity index (χ1) is 15.0. The molecule has 0 atom stereocenters. The van der Waals surface area contributed by atoms with Crippen LogP contribution in [0.1, 0.15) is 30.0 Å². The van der Waals surface area contributed by atoms with Crippen LogP contribution < -0.4 is 5.32 Å². The zero-order chi connectivity index (χ0) is 21.7. The topological polar surface area (TPSA) is 108 Å². The number of sulfonamides is 1. The molecule has 1 aliphatic rings. The summed E-state index contributed by atoms with van der Waals surface area (Å²) in [6.07, 6.45) is 3.49. The van der Waals surface area contributed by atoms with E-state index < -0.39 is 10.0 Å². The number of hydrogen-bond acceptors (Lipinski definition) is 7. The number of thioether (sulfide) groups is 1. The number of carbonyl (C=O) groups excluding carboxylic acids is 1. The molecule has 2 aromatic heterocycles. The summed E-state index contributed by atoms with van der Waals surface area (Å²) in [4.78, 5) is 18.1. The maximum atomic E-state index is 12.8. The molecule has 1 aromatic carbocycles. The van der Waals surface area contributed by atoms with Crippen molar-refractivity contribution in [2.75, 3.05) is 24.2 Å². The predicted molar refractivity (Wildman–Crippen MR) is 122 cm³/mol. The fourth-order valence-electron chi connectivity index (χ4n) is 3.32. The zero-order valence-corrected chi connectivity index (χ0v) is 19.2. The van der Waals surface area contributed by atoms with Crippen molar-refractivity contribution in [1.29, 1.82) is 0 Å². The van der Waals surface area contributed by atoms with E-state index in [0.29, 0.717) is 30.4 Å². The second kappa shape index (κ2) is 9.94. The third-order valence-electron chi connectivity index (χ3n) is 4.84. The second-order valence-corrected chi connectivity index (χ2v) is 11.1. The van der Waals surface area contributed by atoms with Gasteiger partial charge in [-0.1, -0.05) is 30.3 Å². The van der Waals surface area contributed by atoms with Crippen LogP contribution in [0, 0.1) is 0 Å². The van der Waals surface area contributed by atoms with Gasteiger partial charge in [0.05, 0.1) is 10.6 Å². The Bertz CT molecular complexity index is 1120. The molecule has 31 heavy (non-hydrogen) atoms. The Balaban J connectivity index is 1.33. The van der Waals surface area contributed by atoms with Gasteiger partial charge in [0.25, 0.3) is 0 Å². The summed E-state index contributed by atoms with van der Waals surface area (Å²) < 4.78 is 27.2. The third kappa shape index (κ3) is 5.73. The van der Waals surface area contributed by atoms with Crippen molar-refractivity contribution in [1.82, 2.24) is 19.5 Å². The highest BCUT2D eigenvalue weighted by Gasteiger charge is 2.26. The van der Waals surface area contributed by atoms with Crippen molar-refractivity contribution in [2.45, 2.75) is 35.7 Å². The first kappa shape index (κ1) is 22.0. The van der Waals surface area contributed by atoms with Crippen LogP contribution in [0.15, 0.2) is 51.8 Å². The number of amides is 1. The SMILES string of the molecule is O=C(CSc1n[nH]c(Cc2cccs2)n1)Nc1cccc(S(=O)(=O)N2CCCCC2)c1. The number of aromatic amines is 1. The Hall–Kier alpha value is -2.21. The van der Waals surface area contributed by atoms with E-state index in [2.05, 4.69) is 20.5 Å². The van der Waals surface area contributed by atoms with E-state index in [1.165, 1.54) is 27.0 Å². The predicted octanol–water partition coefficient (Wildman–Crippen LogP) is 3.36. The second-order valence-electron chi connectivity index (χ2n) is 7.15. The zero-order valence-electron chi connectivity index (χ0n) is 16.8. The van der Waals surface area contributed by atoms with Crippen LogP contribution in [0.3, 0.4) is 0 Å². The highest BCUT2D eigenvalue weighted by Crippen LogP contribution is 2.23. The van der Waals surface area contributed by atoms with Gasteiger partial charge in [-0.05, 0) is 42.5 Å². The van der Waals surface area contributed by atoms with Crippen molar-refractivity contribution in [3.63, 3.8) is 0 Å². The molecule has 1 aliphatic heterocycles. The van der Waals surface area contributed by atoms with Gasteiger partial charge in [0, 0.05) is 30.1 Å². The van der Waals surface area contributed by atoms with Gasteiger partial charge in [0.1, 0.15) is 5.82 Å². The molecular formula is C20H23N5O3S3. The minimum absolute atomic E-state index is 0.124. The molecule has 0 spiro atoms. The van der Waals surface area contributed by atoms with Crippen molar-refractivity contribution < 1.29 is 13.2 Å². The minimum atomic E-state index is -3.54. The molecule has 3 heterocycles. The van der Waals surface area contributed by atoms with Crippen molar-refractivity contribution in [2.24, 2.45) is 0 Å². The van der Waals surface area contributed by atoms with Gasteiger partial charge in [-0.2, -0.15) is 4.31 Å². The molecule has 1 saturated heterocycles. The fourth-order valence-corrected chi connectivity index (χ4v) is 6.21. The molecule has 4 rings (SSSR count). The van der Waals surface area contributed by atoms with E-state index in [9.17, 15) is 13.2 Å². The van der Waals surface area contributed by atoms with Gasteiger partial charge in [-0.3, -0.25) is 9.89 Å². The number of carbonyl (C=O) groups is 1. The Morgan fingerprint density at radius 1 is 1.19 bits per heavy atom. The summed E-state index contributed by atoms with van der Waals surface area (Å²) in [5, 5.41) is 12.3. The van der Waals surface area contributed by atoms with Gasteiger partial charge in [-0.15, -0.1) is 16.4 Å². The highest BCUT2D eigenvalue weighted by molar-refractivity contribution is 7.99. The molecule has 2 N–H and O–H groups in total. The standard InChI is InChI=1S/C20H23N5O3S3/c26-19(14-30-20-22-18(23-24-20)13-16-7-5-11-29-16)21-15-6-4-8-17(12-15)31(27,28)25-9-2-1-3-10-25/h4-8,11-12H,1-3,9-10,13-14H2,(H,21,26)(H,22,23,24). The van der Waals surface area contributed by atoms with E-state index in [1.807, 2.05) is 17.5 Å². The third-order valence-corrected chi connectivity index (χ3v) is 8.45. The quantitative estimate of drug-likeness (QED) is 0.482. The molecule has 0 aliphatic carbocycles. The average Bonchev–Trinajstić information content (AvgIpc) is 3.46. The van der Waals surface area contributed by atoms with Crippen LogP contribution in [0.2, 0.25) is 0 Å². The number of thiophene rings is 1. The molecule has 8 nitrogen and oxygen atoms in total. The van der Waals surface area contributed by atoms with E-state index in [0.717, 1.165) is 25.1 Å². The number of nitrogens with zero attached hydrogens (tertiary/aromatic N) is 3. The molecule has 0 bridgehead atoms. The molecule has 1 amide bonds. The number of hydrogen-bond donors (Lipinski definition) is 2.